The highest BCUT2D eigenvalue weighted by Crippen LogP contribution is 2.23. The summed E-state index contributed by atoms with van der Waals surface area (Å²) < 4.78 is 8.04. The Bertz CT molecular complexity index is 942. The van der Waals surface area contributed by atoms with Crippen molar-refractivity contribution in [2.45, 2.75) is 60.2 Å². The number of carbonyl (C=O) groups is 1. The number of amides is 1. The lowest BCUT2D eigenvalue weighted by Gasteiger charge is -2.20. The minimum absolute atomic E-state index is 0.224. The number of ether oxygens (including phenoxy) is 1. The van der Waals surface area contributed by atoms with Crippen molar-refractivity contribution >= 4 is 28.0 Å². The van der Waals surface area contributed by atoms with Gasteiger partial charge in [-0.2, -0.15) is 4.73 Å². The first-order valence-corrected chi connectivity index (χ1v) is 9.27. The second-order valence-electron chi connectivity index (χ2n) is 6.85. The van der Waals surface area contributed by atoms with Gasteiger partial charge >= 0.3 is 6.09 Å². The minimum Gasteiger partial charge on any atom is -0.618 e. The number of nitrogens with one attached hydrogen (secondary N) is 1. The average Bonchev–Trinajstić information content (AvgIpc) is 2.98. The predicted molar refractivity (Wildman–Crippen MR) is 106 cm³/mol. The average molecular weight is 372 g/mol. The topological polar surface area (TPSA) is 83.1 Å². The lowest BCUT2D eigenvalue weighted by molar-refractivity contribution is -0.575. The van der Waals surface area contributed by atoms with E-state index in [1.54, 1.807) is 6.07 Å². The Morgan fingerprint density at radius 1 is 1.30 bits per heavy atom. The van der Waals surface area contributed by atoms with E-state index in [4.69, 9.17) is 4.74 Å². The summed E-state index contributed by atoms with van der Waals surface area (Å²) in [5, 5.41) is 15.8. The maximum absolute atomic E-state index is 12.2. The summed E-state index contributed by atoms with van der Waals surface area (Å²) in [5.74, 6) is 0.794. The molecule has 2 aromatic heterocycles. The first-order valence-electron chi connectivity index (χ1n) is 9.27. The van der Waals surface area contributed by atoms with Gasteiger partial charge in [0.15, 0.2) is 5.52 Å². The Morgan fingerprint density at radius 2 is 1.96 bits per heavy atom. The van der Waals surface area contributed by atoms with Crippen molar-refractivity contribution in [1.82, 2.24) is 14.9 Å². The minimum atomic E-state index is -0.560. The molecular weight excluding hydrogens is 344 g/mol. The molecule has 0 aliphatic heterocycles. The molecule has 0 radical (unpaired) electrons. The van der Waals surface area contributed by atoms with Gasteiger partial charge in [0.05, 0.1) is 17.6 Å². The molecule has 0 unspecified atom stereocenters. The molecule has 0 aliphatic carbocycles. The van der Waals surface area contributed by atoms with E-state index >= 15 is 0 Å². The highest BCUT2D eigenvalue weighted by molar-refractivity contribution is 6.00. The number of imidazole rings is 1. The zero-order chi connectivity index (χ0) is 20.2. The summed E-state index contributed by atoms with van der Waals surface area (Å²) in [5.41, 5.74) is 1.44. The summed E-state index contributed by atoms with van der Waals surface area (Å²) in [6, 6.07) is 7.36. The normalized spacial score (nSPS) is 11.2. The molecule has 27 heavy (non-hydrogen) atoms. The molecule has 3 aromatic rings. The number of benzene rings is 1. The third-order valence-corrected chi connectivity index (χ3v) is 3.81. The van der Waals surface area contributed by atoms with Crippen LogP contribution in [0.5, 0.6) is 0 Å². The van der Waals surface area contributed by atoms with Crippen LogP contribution in [-0.4, -0.2) is 21.2 Å². The second kappa shape index (κ2) is 8.24. The van der Waals surface area contributed by atoms with E-state index in [0.29, 0.717) is 17.5 Å². The van der Waals surface area contributed by atoms with E-state index < -0.39 is 11.7 Å². The Hall–Kier alpha value is -2.83. The van der Waals surface area contributed by atoms with Gasteiger partial charge in [-0.3, -0.25) is 0 Å². The first-order chi connectivity index (χ1) is 12.8. The number of hydrogen-bond acceptors (Lipinski definition) is 4. The lowest BCUT2D eigenvalue weighted by Crippen LogP contribution is -2.34. The molecule has 0 fully saturated rings. The summed E-state index contributed by atoms with van der Waals surface area (Å²) in [6.45, 7) is 11.7. The van der Waals surface area contributed by atoms with Crippen LogP contribution in [0.15, 0.2) is 30.5 Å². The van der Waals surface area contributed by atoms with Crippen molar-refractivity contribution in [1.29, 1.82) is 0 Å². The van der Waals surface area contributed by atoms with Crippen molar-refractivity contribution in [3.63, 3.8) is 0 Å². The standard InChI is InChI=1S/C18H22N4O3.C2H6/c1-5-15-20-13-10-22(24)14-9-7-6-8-12(14)16(13)21(15)11-19-17(23)25-18(2,3)4;1-2/h6-10H,5,11H2,1-4H3,(H,19,23);1-2H3. The maximum atomic E-state index is 12.2. The fraction of sp³-hybridized carbons (Fsp3) is 0.450. The molecule has 1 aromatic carbocycles. The van der Waals surface area contributed by atoms with Gasteiger partial charge in [0, 0.05) is 12.5 Å². The molecule has 0 atom stereocenters. The van der Waals surface area contributed by atoms with Crippen LogP contribution in [0.1, 0.15) is 47.4 Å². The molecule has 3 rings (SSSR count). The van der Waals surface area contributed by atoms with E-state index in [1.165, 1.54) is 6.20 Å². The molecule has 7 heteroatoms. The van der Waals surface area contributed by atoms with E-state index in [9.17, 15) is 10.0 Å². The molecule has 0 saturated carbocycles. The van der Waals surface area contributed by atoms with E-state index in [-0.39, 0.29) is 6.67 Å². The molecule has 146 valence electrons. The number of carbonyl (C=O) groups excluding carboxylic acids is 1. The largest absolute Gasteiger partial charge is 0.618 e. The molecule has 2 heterocycles. The third-order valence-electron chi connectivity index (χ3n) is 3.81. The van der Waals surface area contributed by atoms with Crippen molar-refractivity contribution in [3.05, 3.63) is 41.5 Å². The fourth-order valence-electron chi connectivity index (χ4n) is 2.84. The lowest BCUT2D eigenvalue weighted by atomic mass is 10.2. The number of nitrogens with zero attached hydrogens (tertiary/aromatic N) is 3. The van der Waals surface area contributed by atoms with Crippen LogP contribution >= 0.6 is 0 Å². The number of alkyl carbamates (subject to hydrolysis) is 1. The fourth-order valence-corrected chi connectivity index (χ4v) is 2.84. The zero-order valence-electron chi connectivity index (χ0n) is 16.9. The van der Waals surface area contributed by atoms with Crippen LogP contribution in [0, 0.1) is 5.21 Å². The van der Waals surface area contributed by atoms with Gasteiger partial charge in [0.1, 0.15) is 11.4 Å². The Morgan fingerprint density at radius 3 is 2.59 bits per heavy atom. The molecule has 0 saturated heterocycles. The van der Waals surface area contributed by atoms with Gasteiger partial charge in [0.25, 0.3) is 0 Å². The third kappa shape index (κ3) is 4.48. The monoisotopic (exact) mass is 372 g/mol. The van der Waals surface area contributed by atoms with Gasteiger partial charge in [0.2, 0.25) is 11.7 Å². The summed E-state index contributed by atoms with van der Waals surface area (Å²) in [7, 11) is 0. The first kappa shape index (κ1) is 20.5. The number of hydrogen-bond donors (Lipinski definition) is 1. The number of pyridine rings is 1. The van der Waals surface area contributed by atoms with Crippen molar-refractivity contribution in [3.8, 4) is 0 Å². The summed E-state index contributed by atoms with van der Waals surface area (Å²) in [4.78, 5) is 16.5. The summed E-state index contributed by atoms with van der Waals surface area (Å²) in [6.07, 6.45) is 1.66. The molecule has 1 amide bonds. The van der Waals surface area contributed by atoms with Crippen molar-refractivity contribution in [2.24, 2.45) is 0 Å². The van der Waals surface area contributed by atoms with E-state index in [0.717, 1.165) is 21.5 Å². The maximum Gasteiger partial charge on any atom is 0.409 e. The number of para-hydroxylation sites is 1. The Kier molecular flexibility index (Phi) is 6.25. The highest BCUT2D eigenvalue weighted by atomic mass is 16.6. The quantitative estimate of drug-likeness (QED) is 0.558. The van der Waals surface area contributed by atoms with Gasteiger partial charge in [-0.25, -0.2) is 9.78 Å². The SMILES string of the molecule is CC.CCc1nc2c[n+]([O-])c3ccccc3c2n1CNC(=O)OC(C)(C)C. The number of aromatic nitrogens is 3. The smallest absolute Gasteiger partial charge is 0.409 e. The van der Waals surface area contributed by atoms with Crippen LogP contribution < -0.4 is 10.0 Å². The molecule has 0 aliphatic rings. The van der Waals surface area contributed by atoms with Gasteiger partial charge in [-0.05, 0) is 26.8 Å². The van der Waals surface area contributed by atoms with Crippen LogP contribution in [0.4, 0.5) is 4.79 Å². The van der Waals surface area contributed by atoms with Crippen LogP contribution in [0.25, 0.3) is 21.9 Å². The number of rotatable bonds is 3. The Labute approximate surface area is 159 Å². The van der Waals surface area contributed by atoms with Crippen molar-refractivity contribution < 1.29 is 14.3 Å². The van der Waals surface area contributed by atoms with Gasteiger partial charge in [-0.1, -0.05) is 32.9 Å². The number of aryl methyl sites for hydroxylation is 1. The van der Waals surface area contributed by atoms with Gasteiger partial charge in [-0.15, -0.1) is 0 Å². The van der Waals surface area contributed by atoms with Crippen molar-refractivity contribution in [2.75, 3.05) is 0 Å². The molecular formula is C20H28N4O3. The van der Waals surface area contributed by atoms with Crippen LogP contribution in [0.2, 0.25) is 0 Å². The summed E-state index contributed by atoms with van der Waals surface area (Å²) >= 11 is 0. The molecule has 7 nitrogen and oxygen atoms in total. The van der Waals surface area contributed by atoms with Gasteiger partial charge < -0.3 is 19.8 Å². The Balaban J connectivity index is 0.00000126. The van der Waals surface area contributed by atoms with Crippen LogP contribution in [0.3, 0.4) is 0 Å². The zero-order valence-corrected chi connectivity index (χ0v) is 16.9. The molecule has 1 N–H and O–H groups in total. The van der Waals surface area contributed by atoms with E-state index in [2.05, 4.69) is 10.3 Å². The highest BCUT2D eigenvalue weighted by Gasteiger charge is 2.20. The number of fused-ring (bicyclic) bond motifs is 3. The predicted octanol–water partition coefficient (Wildman–Crippen LogP) is 3.89. The van der Waals surface area contributed by atoms with Crippen LogP contribution in [-0.2, 0) is 17.8 Å². The second-order valence-corrected chi connectivity index (χ2v) is 6.85. The molecule has 0 spiro atoms. The van der Waals surface area contributed by atoms with E-state index in [1.807, 2.05) is 64.3 Å². The molecule has 0 bridgehead atoms.